The van der Waals surface area contributed by atoms with Crippen LogP contribution in [0.4, 0.5) is 0 Å². The Morgan fingerprint density at radius 2 is 1.75 bits per heavy atom. The van der Waals surface area contributed by atoms with Crippen LogP contribution in [0.2, 0.25) is 0 Å². The first kappa shape index (κ1) is 16.0. The summed E-state index contributed by atoms with van der Waals surface area (Å²) in [5, 5.41) is 0. The average molecular weight is 338 g/mol. The Balaban J connectivity index is 2.37. The topological polar surface area (TPSA) is 26.0 Å². The van der Waals surface area contributed by atoms with E-state index in [2.05, 4.69) is 55.8 Å². The van der Waals surface area contributed by atoms with Crippen molar-refractivity contribution in [3.05, 3.63) is 33.3 Å². The molecule has 1 unspecified atom stereocenters. The van der Waals surface area contributed by atoms with E-state index in [9.17, 15) is 0 Å². The highest BCUT2D eigenvalue weighted by Crippen LogP contribution is 2.51. The Hall–Kier alpha value is -0.340. The van der Waals surface area contributed by atoms with Crippen LogP contribution >= 0.6 is 15.9 Å². The first-order valence-corrected chi connectivity index (χ1v) is 8.67. The number of nitrogens with two attached hydrogens (primary N) is 1. The van der Waals surface area contributed by atoms with Crippen molar-refractivity contribution in [2.45, 2.75) is 65.8 Å². The Morgan fingerprint density at radius 3 is 2.30 bits per heavy atom. The second-order valence-corrected chi connectivity index (χ2v) is 7.96. The van der Waals surface area contributed by atoms with E-state index in [1.807, 2.05) is 0 Å². The zero-order valence-electron chi connectivity index (χ0n) is 13.3. The second kappa shape index (κ2) is 6.19. The molecule has 2 rings (SSSR count). The Kier molecular flexibility index (Phi) is 4.96. The summed E-state index contributed by atoms with van der Waals surface area (Å²) in [7, 11) is 0. The predicted octanol–water partition coefficient (Wildman–Crippen LogP) is 5.67. The fraction of sp³-hybridized carbons (Fsp3) is 0.667. The van der Waals surface area contributed by atoms with E-state index in [1.54, 1.807) is 0 Å². The maximum Gasteiger partial charge on any atom is 0.0354 e. The third-order valence-corrected chi connectivity index (χ3v) is 5.81. The standard InChI is InChI=1S/C18H28BrN/c1-12(2)11-18(7-5-6-8-18)17(20)15-9-14(4)16(19)10-13(15)3/h9-10,12,17H,5-8,11,20H2,1-4H3. The number of rotatable bonds is 4. The van der Waals surface area contributed by atoms with E-state index in [-0.39, 0.29) is 6.04 Å². The van der Waals surface area contributed by atoms with Crippen molar-refractivity contribution < 1.29 is 0 Å². The molecule has 0 aromatic heterocycles. The molecule has 112 valence electrons. The number of aryl methyl sites for hydroxylation is 2. The van der Waals surface area contributed by atoms with Gasteiger partial charge in [0.2, 0.25) is 0 Å². The van der Waals surface area contributed by atoms with Crippen LogP contribution in [0.3, 0.4) is 0 Å². The second-order valence-electron chi connectivity index (χ2n) is 7.10. The Labute approximate surface area is 132 Å². The molecule has 2 N–H and O–H groups in total. The van der Waals surface area contributed by atoms with Gasteiger partial charge < -0.3 is 5.73 Å². The van der Waals surface area contributed by atoms with Crippen LogP contribution in [0.5, 0.6) is 0 Å². The third-order valence-electron chi connectivity index (χ3n) is 4.96. The van der Waals surface area contributed by atoms with E-state index >= 15 is 0 Å². The summed E-state index contributed by atoms with van der Waals surface area (Å²) in [6.45, 7) is 9.00. The van der Waals surface area contributed by atoms with Crippen LogP contribution in [0.15, 0.2) is 16.6 Å². The normalized spacial score (nSPS) is 19.6. The number of hydrogen-bond donors (Lipinski definition) is 1. The molecule has 1 nitrogen and oxygen atoms in total. The molecule has 1 aliphatic carbocycles. The lowest BCUT2D eigenvalue weighted by Gasteiger charge is -2.38. The molecule has 1 aliphatic rings. The minimum Gasteiger partial charge on any atom is -0.323 e. The van der Waals surface area contributed by atoms with Gasteiger partial charge in [-0.25, -0.2) is 0 Å². The molecule has 1 saturated carbocycles. The zero-order valence-corrected chi connectivity index (χ0v) is 14.9. The molecule has 0 heterocycles. The van der Waals surface area contributed by atoms with Gasteiger partial charge in [0.15, 0.2) is 0 Å². The summed E-state index contributed by atoms with van der Waals surface area (Å²) in [4.78, 5) is 0. The minimum absolute atomic E-state index is 0.180. The summed E-state index contributed by atoms with van der Waals surface area (Å²) >= 11 is 3.63. The van der Waals surface area contributed by atoms with Gasteiger partial charge in [-0.3, -0.25) is 0 Å². The van der Waals surface area contributed by atoms with E-state index in [0.717, 1.165) is 5.92 Å². The smallest absolute Gasteiger partial charge is 0.0354 e. The lowest BCUT2D eigenvalue weighted by molar-refractivity contribution is 0.183. The maximum absolute atomic E-state index is 6.79. The molecule has 0 saturated heterocycles. The quantitative estimate of drug-likeness (QED) is 0.752. The van der Waals surface area contributed by atoms with Crippen LogP contribution in [0.25, 0.3) is 0 Å². The largest absolute Gasteiger partial charge is 0.323 e. The number of hydrogen-bond acceptors (Lipinski definition) is 1. The first-order chi connectivity index (χ1) is 9.35. The van der Waals surface area contributed by atoms with Crippen LogP contribution in [0, 0.1) is 25.2 Å². The maximum atomic E-state index is 6.79. The van der Waals surface area contributed by atoms with Crippen LogP contribution in [-0.2, 0) is 0 Å². The monoisotopic (exact) mass is 337 g/mol. The highest BCUT2D eigenvalue weighted by Gasteiger charge is 2.40. The van der Waals surface area contributed by atoms with Crippen LogP contribution in [-0.4, -0.2) is 0 Å². The molecule has 0 bridgehead atoms. The van der Waals surface area contributed by atoms with Crippen molar-refractivity contribution in [1.82, 2.24) is 0 Å². The molecule has 1 fully saturated rings. The van der Waals surface area contributed by atoms with Gasteiger partial charge in [0.1, 0.15) is 0 Å². The van der Waals surface area contributed by atoms with Gasteiger partial charge >= 0.3 is 0 Å². The van der Waals surface area contributed by atoms with E-state index < -0.39 is 0 Å². The van der Waals surface area contributed by atoms with E-state index in [1.165, 1.54) is 53.3 Å². The molecule has 1 aromatic rings. The molecule has 20 heavy (non-hydrogen) atoms. The lowest BCUT2D eigenvalue weighted by atomic mass is 9.70. The van der Waals surface area contributed by atoms with Gasteiger partial charge in [0.25, 0.3) is 0 Å². The van der Waals surface area contributed by atoms with Gasteiger partial charge in [0.05, 0.1) is 0 Å². The molecule has 1 aromatic carbocycles. The van der Waals surface area contributed by atoms with Gasteiger partial charge in [-0.15, -0.1) is 0 Å². The molecular weight excluding hydrogens is 310 g/mol. The molecule has 0 amide bonds. The highest BCUT2D eigenvalue weighted by molar-refractivity contribution is 9.10. The molecule has 0 spiro atoms. The summed E-state index contributed by atoms with van der Waals surface area (Å²) in [6, 6.07) is 4.70. The molecule has 2 heteroatoms. The van der Waals surface area contributed by atoms with Crippen molar-refractivity contribution in [3.8, 4) is 0 Å². The van der Waals surface area contributed by atoms with Crippen molar-refractivity contribution in [2.75, 3.05) is 0 Å². The molecule has 1 atom stereocenters. The van der Waals surface area contributed by atoms with Gasteiger partial charge in [-0.1, -0.05) is 48.7 Å². The SMILES string of the molecule is Cc1cc(C(N)C2(CC(C)C)CCCC2)c(C)cc1Br. The third kappa shape index (κ3) is 3.12. The fourth-order valence-electron chi connectivity index (χ4n) is 4.00. The van der Waals surface area contributed by atoms with Crippen LogP contribution in [0.1, 0.15) is 68.7 Å². The van der Waals surface area contributed by atoms with Gasteiger partial charge in [-0.2, -0.15) is 0 Å². The number of halogens is 1. The number of benzene rings is 1. The lowest BCUT2D eigenvalue weighted by Crippen LogP contribution is -2.34. The van der Waals surface area contributed by atoms with E-state index in [0.29, 0.717) is 5.41 Å². The summed E-state index contributed by atoms with van der Waals surface area (Å²) in [5.41, 5.74) is 11.1. The zero-order chi connectivity index (χ0) is 14.9. The van der Waals surface area contributed by atoms with Crippen LogP contribution < -0.4 is 5.73 Å². The van der Waals surface area contributed by atoms with Gasteiger partial charge in [0, 0.05) is 10.5 Å². The van der Waals surface area contributed by atoms with Gasteiger partial charge in [-0.05, 0) is 67.2 Å². The summed E-state index contributed by atoms with van der Waals surface area (Å²) < 4.78 is 1.19. The summed E-state index contributed by atoms with van der Waals surface area (Å²) in [5.74, 6) is 0.719. The molecule has 0 aliphatic heterocycles. The van der Waals surface area contributed by atoms with Crippen molar-refractivity contribution >= 4 is 15.9 Å². The molecule has 0 radical (unpaired) electrons. The highest BCUT2D eigenvalue weighted by atomic mass is 79.9. The summed E-state index contributed by atoms with van der Waals surface area (Å²) in [6.07, 6.45) is 6.52. The Morgan fingerprint density at radius 1 is 1.15 bits per heavy atom. The van der Waals surface area contributed by atoms with Crippen molar-refractivity contribution in [3.63, 3.8) is 0 Å². The van der Waals surface area contributed by atoms with Crippen molar-refractivity contribution in [1.29, 1.82) is 0 Å². The van der Waals surface area contributed by atoms with Crippen molar-refractivity contribution in [2.24, 2.45) is 17.1 Å². The first-order valence-electron chi connectivity index (χ1n) is 7.88. The average Bonchev–Trinajstić information content (AvgIpc) is 2.81. The Bertz CT molecular complexity index is 473. The fourth-order valence-corrected chi connectivity index (χ4v) is 4.46. The minimum atomic E-state index is 0.180. The van der Waals surface area contributed by atoms with E-state index in [4.69, 9.17) is 5.73 Å². The molecular formula is C18H28BrN. The predicted molar refractivity (Wildman–Crippen MR) is 90.9 cm³/mol.